The molecule has 2 N–H and O–H groups in total. The van der Waals surface area contributed by atoms with Crippen LogP contribution < -0.4 is 5.14 Å². The van der Waals surface area contributed by atoms with Crippen LogP contribution in [0.4, 0.5) is 5.69 Å². The summed E-state index contributed by atoms with van der Waals surface area (Å²) >= 11 is 3.17. The Kier molecular flexibility index (Phi) is 3.88. The predicted molar refractivity (Wildman–Crippen MR) is 73.5 cm³/mol. The van der Waals surface area contributed by atoms with Crippen LogP contribution >= 0.6 is 15.9 Å². The van der Waals surface area contributed by atoms with E-state index in [4.69, 9.17) is 5.14 Å². The van der Waals surface area contributed by atoms with Crippen molar-refractivity contribution in [2.24, 2.45) is 5.14 Å². The van der Waals surface area contributed by atoms with Gasteiger partial charge in [-0.2, -0.15) is 0 Å². The normalized spacial score (nSPS) is 11.5. The average Bonchev–Trinajstić information content (AvgIpc) is 2.80. The highest BCUT2D eigenvalue weighted by molar-refractivity contribution is 9.10. The first-order valence-electron chi connectivity index (χ1n) is 5.25. The number of imidazole rings is 1. The molecule has 2 rings (SSSR count). The third-order valence-electron chi connectivity index (χ3n) is 2.51. The van der Waals surface area contributed by atoms with Gasteiger partial charge in [0.05, 0.1) is 11.3 Å². The molecule has 10 heteroatoms. The molecular weight excluding hydrogens is 352 g/mol. The van der Waals surface area contributed by atoms with Gasteiger partial charge in [-0.1, -0.05) is 12.1 Å². The second-order valence-corrected chi connectivity index (χ2v) is 6.24. The van der Waals surface area contributed by atoms with Gasteiger partial charge >= 0.3 is 0 Å². The Balaban J connectivity index is 2.34. The summed E-state index contributed by atoms with van der Waals surface area (Å²) in [6.07, 6.45) is 2.56. The molecule has 106 valence electrons. The number of nitrogens with zero attached hydrogens (tertiary/aromatic N) is 3. The van der Waals surface area contributed by atoms with Gasteiger partial charge < -0.3 is 4.57 Å². The quantitative estimate of drug-likeness (QED) is 0.649. The highest BCUT2D eigenvalue weighted by Crippen LogP contribution is 2.28. The maximum absolute atomic E-state index is 11.1. The van der Waals surface area contributed by atoms with Gasteiger partial charge in [0.1, 0.15) is 4.47 Å². The average molecular weight is 361 g/mol. The van der Waals surface area contributed by atoms with Crippen molar-refractivity contribution in [1.82, 2.24) is 9.55 Å². The molecule has 0 aliphatic carbocycles. The number of hydrogen-bond acceptors (Lipinski definition) is 5. The molecule has 0 unspecified atom stereocenters. The minimum atomic E-state index is -3.86. The second-order valence-electron chi connectivity index (χ2n) is 3.94. The van der Waals surface area contributed by atoms with E-state index in [2.05, 4.69) is 20.9 Å². The van der Waals surface area contributed by atoms with Crippen LogP contribution in [0.2, 0.25) is 0 Å². The molecule has 0 radical (unpaired) electrons. The van der Waals surface area contributed by atoms with Crippen LogP contribution in [-0.2, 0) is 16.6 Å². The van der Waals surface area contributed by atoms with E-state index in [0.29, 0.717) is 10.0 Å². The first-order chi connectivity index (χ1) is 9.29. The van der Waals surface area contributed by atoms with Crippen molar-refractivity contribution in [3.8, 4) is 0 Å². The van der Waals surface area contributed by atoms with E-state index in [9.17, 15) is 18.5 Å². The monoisotopic (exact) mass is 360 g/mol. The lowest BCUT2D eigenvalue weighted by Crippen LogP contribution is -2.12. The van der Waals surface area contributed by atoms with Crippen LogP contribution in [-0.4, -0.2) is 22.9 Å². The summed E-state index contributed by atoms with van der Waals surface area (Å²) in [5, 5.41) is 15.5. The molecule has 0 fully saturated rings. The van der Waals surface area contributed by atoms with Gasteiger partial charge in [0, 0.05) is 18.8 Å². The third-order valence-corrected chi connectivity index (χ3v) is 4.22. The number of nitro benzene ring substituents is 1. The number of halogens is 1. The van der Waals surface area contributed by atoms with Crippen molar-refractivity contribution >= 4 is 31.6 Å². The van der Waals surface area contributed by atoms with Crippen LogP contribution in [0, 0.1) is 10.1 Å². The summed E-state index contributed by atoms with van der Waals surface area (Å²) in [7, 11) is -3.86. The molecule has 8 nitrogen and oxygen atoms in total. The Morgan fingerprint density at radius 2 is 2.15 bits per heavy atom. The standard InChI is InChI=1S/C10H9BrN4O4S/c11-10-7(2-1-3-8(10)15(16)17)4-14-5-9(13-6-14)20(12,18)19/h1-3,5-6H,4H2,(H2,12,18,19). The Labute approximate surface area is 122 Å². The number of nitro groups is 1. The molecule has 0 saturated carbocycles. The molecule has 2 aromatic rings. The van der Waals surface area contributed by atoms with Gasteiger partial charge in [0.2, 0.25) is 0 Å². The number of hydrogen-bond donors (Lipinski definition) is 1. The predicted octanol–water partition coefficient (Wildman–Crippen LogP) is 1.25. The number of primary sulfonamides is 1. The van der Waals surface area contributed by atoms with Crippen molar-refractivity contribution in [1.29, 1.82) is 0 Å². The van der Waals surface area contributed by atoms with Gasteiger partial charge in [0.25, 0.3) is 15.7 Å². The van der Waals surface area contributed by atoms with Gasteiger partial charge in [-0.15, -0.1) is 0 Å². The number of aromatic nitrogens is 2. The van der Waals surface area contributed by atoms with Crippen molar-refractivity contribution in [2.45, 2.75) is 11.6 Å². The highest BCUT2D eigenvalue weighted by Gasteiger charge is 2.16. The molecule has 20 heavy (non-hydrogen) atoms. The van der Waals surface area contributed by atoms with Gasteiger partial charge in [-0.3, -0.25) is 10.1 Å². The lowest BCUT2D eigenvalue weighted by Gasteiger charge is -2.05. The number of benzene rings is 1. The van der Waals surface area contributed by atoms with Crippen molar-refractivity contribution < 1.29 is 13.3 Å². The third kappa shape index (κ3) is 3.03. The summed E-state index contributed by atoms with van der Waals surface area (Å²) in [5.74, 6) is 0. The molecule has 1 heterocycles. The van der Waals surface area contributed by atoms with Crippen molar-refractivity contribution in [3.63, 3.8) is 0 Å². The van der Waals surface area contributed by atoms with Crippen LogP contribution in [0.3, 0.4) is 0 Å². The molecule has 0 aliphatic rings. The van der Waals surface area contributed by atoms with Gasteiger partial charge in [-0.05, 0) is 21.5 Å². The largest absolute Gasteiger partial charge is 0.332 e. The van der Waals surface area contributed by atoms with Crippen molar-refractivity contribution in [2.75, 3.05) is 0 Å². The van der Waals surface area contributed by atoms with E-state index in [-0.39, 0.29) is 17.3 Å². The van der Waals surface area contributed by atoms with E-state index >= 15 is 0 Å². The van der Waals surface area contributed by atoms with E-state index < -0.39 is 14.9 Å². The topological polar surface area (TPSA) is 121 Å². The first-order valence-corrected chi connectivity index (χ1v) is 7.59. The molecule has 0 atom stereocenters. The van der Waals surface area contributed by atoms with Crippen LogP contribution in [0.25, 0.3) is 0 Å². The van der Waals surface area contributed by atoms with E-state index in [1.165, 1.54) is 23.2 Å². The van der Waals surface area contributed by atoms with E-state index in [1.807, 2.05) is 0 Å². The zero-order valence-electron chi connectivity index (χ0n) is 9.93. The van der Waals surface area contributed by atoms with Crippen LogP contribution in [0.1, 0.15) is 5.56 Å². The first kappa shape index (κ1) is 14.6. The van der Waals surface area contributed by atoms with Gasteiger partial charge in [0.15, 0.2) is 5.03 Å². The van der Waals surface area contributed by atoms with E-state index in [0.717, 1.165) is 0 Å². The highest BCUT2D eigenvalue weighted by atomic mass is 79.9. The molecule has 0 amide bonds. The number of rotatable bonds is 4. The molecule has 0 saturated heterocycles. The molecule has 0 aliphatic heterocycles. The maximum Gasteiger partial charge on any atom is 0.283 e. The Bertz CT molecular complexity index is 771. The minimum absolute atomic E-state index is 0.0608. The van der Waals surface area contributed by atoms with Crippen LogP contribution in [0.5, 0.6) is 0 Å². The van der Waals surface area contributed by atoms with Crippen molar-refractivity contribution in [3.05, 3.63) is 50.9 Å². The lowest BCUT2D eigenvalue weighted by atomic mass is 10.2. The fourth-order valence-corrected chi connectivity index (χ4v) is 2.61. The second kappa shape index (κ2) is 5.31. The molecular formula is C10H9BrN4O4S. The number of sulfonamides is 1. The molecule has 1 aromatic heterocycles. The fourth-order valence-electron chi connectivity index (χ4n) is 1.60. The van der Waals surface area contributed by atoms with E-state index in [1.54, 1.807) is 12.1 Å². The molecule has 0 spiro atoms. The summed E-state index contributed by atoms with van der Waals surface area (Å²) in [6, 6.07) is 4.61. The van der Waals surface area contributed by atoms with Crippen LogP contribution in [0.15, 0.2) is 40.2 Å². The fraction of sp³-hybridized carbons (Fsp3) is 0.100. The zero-order chi connectivity index (χ0) is 14.9. The summed E-state index contributed by atoms with van der Waals surface area (Å²) in [6.45, 7) is 0.227. The smallest absolute Gasteiger partial charge is 0.283 e. The Morgan fingerprint density at radius 3 is 2.70 bits per heavy atom. The lowest BCUT2D eigenvalue weighted by molar-refractivity contribution is -0.385. The Morgan fingerprint density at radius 1 is 1.45 bits per heavy atom. The summed E-state index contributed by atoms with van der Waals surface area (Å²) in [5.41, 5.74) is 0.562. The molecule has 1 aromatic carbocycles. The summed E-state index contributed by atoms with van der Waals surface area (Å²) < 4.78 is 24.0. The number of nitrogens with two attached hydrogens (primary N) is 1. The SMILES string of the molecule is NS(=O)(=O)c1cn(Cc2cccc([N+](=O)[O-])c2Br)cn1. The Hall–Kier alpha value is -1.78. The molecule has 0 bridgehead atoms. The zero-order valence-corrected chi connectivity index (χ0v) is 12.3. The maximum atomic E-state index is 11.1. The minimum Gasteiger partial charge on any atom is -0.332 e. The van der Waals surface area contributed by atoms with Gasteiger partial charge in [-0.25, -0.2) is 18.5 Å². The summed E-state index contributed by atoms with van der Waals surface area (Å²) in [4.78, 5) is 14.0.